The van der Waals surface area contributed by atoms with Gasteiger partial charge in [-0.2, -0.15) is 8.78 Å². The van der Waals surface area contributed by atoms with Gasteiger partial charge in [0.2, 0.25) is 0 Å². The average Bonchev–Trinajstić information content (AvgIpc) is 2.60. The third kappa shape index (κ3) is 3.32. The van der Waals surface area contributed by atoms with E-state index >= 15 is 0 Å². The molecule has 1 aliphatic heterocycles. The second-order valence-electron chi connectivity index (χ2n) is 5.49. The zero-order chi connectivity index (χ0) is 17.1. The molecule has 3 rings (SSSR count). The van der Waals surface area contributed by atoms with Crippen molar-refractivity contribution in [2.24, 2.45) is 0 Å². The molecule has 4 nitrogen and oxygen atoms in total. The molecule has 2 aromatic carbocycles. The SMILES string of the molecule is COc1cc(C(=O)N2CCc3ccccc3C2)ccc1OC(F)F. The molecule has 0 aliphatic carbocycles. The quantitative estimate of drug-likeness (QED) is 0.860. The molecule has 6 heteroatoms. The standard InChI is InChI=1S/C18H17F2NO3/c1-23-16-10-13(6-7-15(16)24-18(19)20)17(22)21-9-8-12-4-2-3-5-14(12)11-21/h2-7,10,18H,8-9,11H2,1H3. The number of alkyl halides is 2. The monoisotopic (exact) mass is 333 g/mol. The second-order valence-corrected chi connectivity index (χ2v) is 5.49. The van der Waals surface area contributed by atoms with E-state index in [4.69, 9.17) is 4.74 Å². The van der Waals surface area contributed by atoms with Crippen molar-refractivity contribution in [2.45, 2.75) is 19.6 Å². The number of carbonyl (C=O) groups excluding carboxylic acids is 1. The summed E-state index contributed by atoms with van der Waals surface area (Å²) in [7, 11) is 1.35. The Hall–Kier alpha value is -2.63. The van der Waals surface area contributed by atoms with Crippen LogP contribution in [0.2, 0.25) is 0 Å². The number of carbonyl (C=O) groups is 1. The Balaban J connectivity index is 1.80. The van der Waals surface area contributed by atoms with Crippen LogP contribution < -0.4 is 9.47 Å². The lowest BCUT2D eigenvalue weighted by molar-refractivity contribution is -0.0512. The van der Waals surface area contributed by atoms with E-state index in [1.54, 1.807) is 4.90 Å². The molecule has 1 heterocycles. The summed E-state index contributed by atoms with van der Waals surface area (Å²) in [6.07, 6.45) is 0.797. The number of hydrogen-bond acceptors (Lipinski definition) is 3. The van der Waals surface area contributed by atoms with Gasteiger partial charge in [0.1, 0.15) is 0 Å². The number of methoxy groups -OCH3 is 1. The van der Waals surface area contributed by atoms with Gasteiger partial charge in [-0.3, -0.25) is 4.79 Å². The number of hydrogen-bond donors (Lipinski definition) is 0. The third-order valence-electron chi connectivity index (χ3n) is 4.04. The van der Waals surface area contributed by atoms with Crippen LogP contribution in [-0.4, -0.2) is 31.1 Å². The number of amides is 1. The van der Waals surface area contributed by atoms with Gasteiger partial charge in [0, 0.05) is 18.7 Å². The van der Waals surface area contributed by atoms with Crippen molar-refractivity contribution in [1.29, 1.82) is 0 Å². The Morgan fingerprint density at radius 1 is 1.12 bits per heavy atom. The lowest BCUT2D eigenvalue weighted by atomic mass is 9.99. The lowest BCUT2D eigenvalue weighted by Gasteiger charge is -2.29. The maximum atomic E-state index is 12.7. The summed E-state index contributed by atoms with van der Waals surface area (Å²) in [6, 6.07) is 12.3. The van der Waals surface area contributed by atoms with Gasteiger partial charge in [0.05, 0.1) is 7.11 Å². The molecule has 0 atom stereocenters. The summed E-state index contributed by atoms with van der Waals surface area (Å²) in [4.78, 5) is 14.4. The van der Waals surface area contributed by atoms with E-state index in [2.05, 4.69) is 10.8 Å². The Morgan fingerprint density at radius 3 is 2.58 bits per heavy atom. The fraction of sp³-hybridized carbons (Fsp3) is 0.278. The van der Waals surface area contributed by atoms with E-state index in [-0.39, 0.29) is 17.4 Å². The highest BCUT2D eigenvalue weighted by Gasteiger charge is 2.23. The Labute approximate surface area is 138 Å². The maximum Gasteiger partial charge on any atom is 0.387 e. The van der Waals surface area contributed by atoms with E-state index in [0.717, 1.165) is 12.0 Å². The first kappa shape index (κ1) is 16.2. The predicted molar refractivity (Wildman–Crippen MR) is 84.5 cm³/mol. The van der Waals surface area contributed by atoms with Crippen LogP contribution in [0.4, 0.5) is 8.78 Å². The zero-order valence-electron chi connectivity index (χ0n) is 13.2. The molecular formula is C18H17F2NO3. The zero-order valence-corrected chi connectivity index (χ0v) is 13.2. The van der Waals surface area contributed by atoms with Gasteiger partial charge < -0.3 is 14.4 Å². The average molecular weight is 333 g/mol. The van der Waals surface area contributed by atoms with Crippen LogP contribution in [-0.2, 0) is 13.0 Å². The Kier molecular flexibility index (Phi) is 4.64. The van der Waals surface area contributed by atoms with Crippen molar-refractivity contribution in [1.82, 2.24) is 4.90 Å². The smallest absolute Gasteiger partial charge is 0.387 e. The maximum absolute atomic E-state index is 12.7. The van der Waals surface area contributed by atoms with E-state index < -0.39 is 6.61 Å². The van der Waals surface area contributed by atoms with Crippen molar-refractivity contribution in [3.63, 3.8) is 0 Å². The minimum atomic E-state index is -2.95. The summed E-state index contributed by atoms with van der Waals surface area (Å²) in [5.41, 5.74) is 2.76. The number of rotatable bonds is 4. The normalized spacial score (nSPS) is 13.6. The molecule has 0 saturated heterocycles. The summed E-state index contributed by atoms with van der Waals surface area (Å²) >= 11 is 0. The minimum Gasteiger partial charge on any atom is -0.493 e. The van der Waals surface area contributed by atoms with Crippen LogP contribution in [0, 0.1) is 0 Å². The Bertz CT molecular complexity index is 749. The van der Waals surface area contributed by atoms with Gasteiger partial charge in [-0.15, -0.1) is 0 Å². The first-order chi connectivity index (χ1) is 11.6. The molecule has 1 aliphatic rings. The van der Waals surface area contributed by atoms with Crippen LogP contribution in [0.25, 0.3) is 0 Å². The highest BCUT2D eigenvalue weighted by molar-refractivity contribution is 5.95. The van der Waals surface area contributed by atoms with Crippen molar-refractivity contribution in [2.75, 3.05) is 13.7 Å². The lowest BCUT2D eigenvalue weighted by Crippen LogP contribution is -2.35. The van der Waals surface area contributed by atoms with E-state index in [0.29, 0.717) is 18.7 Å². The molecule has 126 valence electrons. The van der Waals surface area contributed by atoms with E-state index in [1.165, 1.54) is 30.9 Å². The fourth-order valence-corrected chi connectivity index (χ4v) is 2.85. The van der Waals surface area contributed by atoms with Crippen molar-refractivity contribution in [3.05, 3.63) is 59.2 Å². The first-order valence-electron chi connectivity index (χ1n) is 7.57. The van der Waals surface area contributed by atoms with Crippen LogP contribution >= 0.6 is 0 Å². The molecule has 0 N–H and O–H groups in total. The number of benzene rings is 2. The predicted octanol–water partition coefficient (Wildman–Crippen LogP) is 3.50. The highest BCUT2D eigenvalue weighted by atomic mass is 19.3. The van der Waals surface area contributed by atoms with E-state index in [9.17, 15) is 13.6 Å². The van der Waals surface area contributed by atoms with Crippen molar-refractivity contribution < 1.29 is 23.0 Å². The van der Waals surface area contributed by atoms with Crippen molar-refractivity contribution >= 4 is 5.91 Å². The number of halogens is 2. The summed E-state index contributed by atoms with van der Waals surface area (Å²) in [6.45, 7) is -1.79. The molecule has 0 saturated carbocycles. The van der Waals surface area contributed by atoms with Gasteiger partial charge in [-0.25, -0.2) is 0 Å². The first-order valence-corrected chi connectivity index (χ1v) is 7.57. The molecule has 0 radical (unpaired) electrons. The molecule has 24 heavy (non-hydrogen) atoms. The number of nitrogens with zero attached hydrogens (tertiary/aromatic N) is 1. The summed E-state index contributed by atoms with van der Waals surface area (Å²) in [5, 5.41) is 0. The molecular weight excluding hydrogens is 316 g/mol. The molecule has 1 amide bonds. The fourth-order valence-electron chi connectivity index (χ4n) is 2.85. The molecule has 0 bridgehead atoms. The van der Waals surface area contributed by atoms with Crippen LogP contribution in [0.1, 0.15) is 21.5 Å². The number of ether oxygens (including phenoxy) is 2. The highest BCUT2D eigenvalue weighted by Crippen LogP contribution is 2.30. The van der Waals surface area contributed by atoms with E-state index in [1.807, 2.05) is 18.2 Å². The minimum absolute atomic E-state index is 0.0898. The third-order valence-corrected chi connectivity index (χ3v) is 4.04. The van der Waals surface area contributed by atoms with Gasteiger partial charge in [0.15, 0.2) is 11.5 Å². The molecule has 0 unspecified atom stereocenters. The van der Waals surface area contributed by atoms with Gasteiger partial charge in [0.25, 0.3) is 5.91 Å². The van der Waals surface area contributed by atoms with Gasteiger partial charge in [-0.05, 0) is 35.7 Å². The Morgan fingerprint density at radius 2 is 1.88 bits per heavy atom. The summed E-state index contributed by atoms with van der Waals surface area (Å²) < 4.78 is 34.2. The summed E-state index contributed by atoms with van der Waals surface area (Å²) in [5.74, 6) is -0.141. The van der Waals surface area contributed by atoms with Gasteiger partial charge in [-0.1, -0.05) is 24.3 Å². The van der Waals surface area contributed by atoms with Crippen LogP contribution in [0.3, 0.4) is 0 Å². The van der Waals surface area contributed by atoms with Gasteiger partial charge >= 0.3 is 6.61 Å². The molecule has 0 fully saturated rings. The van der Waals surface area contributed by atoms with Crippen molar-refractivity contribution in [3.8, 4) is 11.5 Å². The topological polar surface area (TPSA) is 38.8 Å². The second kappa shape index (κ2) is 6.86. The van der Waals surface area contributed by atoms with Crippen LogP contribution in [0.15, 0.2) is 42.5 Å². The molecule has 0 spiro atoms. The molecule has 0 aromatic heterocycles. The number of fused-ring (bicyclic) bond motifs is 1. The largest absolute Gasteiger partial charge is 0.493 e. The molecule has 2 aromatic rings. The van der Waals surface area contributed by atoms with Crippen LogP contribution in [0.5, 0.6) is 11.5 Å².